The second-order valence-corrected chi connectivity index (χ2v) is 10.1. The third kappa shape index (κ3) is 4.15. The number of nitrogens with one attached hydrogen (secondary N) is 1. The fraction of sp³-hybridized carbons (Fsp3) is 0.364. The maximum atomic E-state index is 11.8. The number of anilines is 1. The molecule has 1 N–H and O–H groups in total. The summed E-state index contributed by atoms with van der Waals surface area (Å²) in [6.45, 7) is 2.96. The minimum absolute atomic E-state index is 0.101. The summed E-state index contributed by atoms with van der Waals surface area (Å²) >= 11 is 0. The molecule has 5 rings (SSSR count). The lowest BCUT2D eigenvalue weighted by Gasteiger charge is -2.30. The van der Waals surface area contributed by atoms with E-state index in [4.69, 9.17) is 9.72 Å². The molecule has 1 unspecified atom stereocenters. The van der Waals surface area contributed by atoms with Gasteiger partial charge in [0, 0.05) is 24.1 Å². The second kappa shape index (κ2) is 8.13. The van der Waals surface area contributed by atoms with Crippen molar-refractivity contribution in [2.75, 3.05) is 17.6 Å². The number of imidazole rings is 1. The van der Waals surface area contributed by atoms with Gasteiger partial charge in [-0.25, -0.2) is 18.1 Å². The number of aromatic nitrogens is 5. The predicted molar refractivity (Wildman–Crippen MR) is 123 cm³/mol. The minimum atomic E-state index is -3.46. The van der Waals surface area contributed by atoms with Gasteiger partial charge in [0.1, 0.15) is 23.7 Å². The Morgan fingerprint density at radius 2 is 2.15 bits per heavy atom. The summed E-state index contributed by atoms with van der Waals surface area (Å²) in [5.41, 5.74) is 2.97. The van der Waals surface area contributed by atoms with Gasteiger partial charge < -0.3 is 9.30 Å². The van der Waals surface area contributed by atoms with Crippen LogP contribution in [-0.2, 0) is 21.3 Å². The van der Waals surface area contributed by atoms with Gasteiger partial charge in [-0.2, -0.15) is 10.4 Å². The van der Waals surface area contributed by atoms with E-state index in [2.05, 4.69) is 32.4 Å². The standard InChI is InChI=1S/C22H23N7O3S/c1-14-9-16(6-8-32-14)29-21(13-28-20(5-7-25-28)27-33(2,30)31)26-19-12-24-18-4-3-15(11-23)10-17(18)22(19)29/h3-5,7,10,12,14,16,27H,6,8-9,13H2,1-2H3/t14-,16?/m1/s1. The van der Waals surface area contributed by atoms with E-state index in [9.17, 15) is 13.7 Å². The van der Waals surface area contributed by atoms with Crippen LogP contribution in [0, 0.1) is 11.3 Å². The monoisotopic (exact) mass is 465 g/mol. The van der Waals surface area contributed by atoms with Gasteiger partial charge in [0.15, 0.2) is 0 Å². The molecule has 0 saturated carbocycles. The first-order valence-electron chi connectivity index (χ1n) is 10.6. The quantitative estimate of drug-likeness (QED) is 0.480. The van der Waals surface area contributed by atoms with Crippen molar-refractivity contribution in [2.45, 2.75) is 38.5 Å². The topological polar surface area (TPSA) is 128 Å². The van der Waals surface area contributed by atoms with Crippen molar-refractivity contribution in [3.05, 3.63) is 48.0 Å². The van der Waals surface area contributed by atoms with E-state index in [-0.39, 0.29) is 18.7 Å². The maximum absolute atomic E-state index is 11.8. The van der Waals surface area contributed by atoms with Crippen molar-refractivity contribution in [3.8, 4) is 6.07 Å². The molecule has 10 nitrogen and oxygen atoms in total. The lowest BCUT2D eigenvalue weighted by Crippen LogP contribution is -2.27. The number of benzene rings is 1. The number of nitrogens with zero attached hydrogens (tertiary/aromatic N) is 6. The van der Waals surface area contributed by atoms with Gasteiger partial charge in [-0.1, -0.05) is 0 Å². The first kappa shape index (κ1) is 21.4. The van der Waals surface area contributed by atoms with Gasteiger partial charge in [-0.15, -0.1) is 0 Å². The normalized spacial score (nSPS) is 19.1. The molecule has 1 aliphatic heterocycles. The highest BCUT2D eigenvalue weighted by Gasteiger charge is 2.27. The summed E-state index contributed by atoms with van der Waals surface area (Å²) in [6, 6.07) is 9.40. The molecule has 1 fully saturated rings. The maximum Gasteiger partial charge on any atom is 0.230 e. The largest absolute Gasteiger partial charge is 0.378 e. The number of hydrogen-bond donors (Lipinski definition) is 1. The lowest BCUT2D eigenvalue weighted by molar-refractivity contribution is 0.00620. The van der Waals surface area contributed by atoms with E-state index in [0.29, 0.717) is 18.0 Å². The summed E-state index contributed by atoms with van der Waals surface area (Å²) in [5.74, 6) is 1.10. The Hall–Kier alpha value is -3.49. The summed E-state index contributed by atoms with van der Waals surface area (Å²) in [4.78, 5) is 9.41. The summed E-state index contributed by atoms with van der Waals surface area (Å²) in [6.07, 6.45) is 6.13. The first-order valence-corrected chi connectivity index (χ1v) is 12.5. The van der Waals surface area contributed by atoms with Crippen molar-refractivity contribution in [1.82, 2.24) is 24.3 Å². The SMILES string of the molecule is C[C@@H]1CC(n2c(Cn3nccc3NS(C)(=O)=O)nc3cnc4ccc(C#N)cc4c32)CCO1. The molecule has 0 spiro atoms. The van der Waals surface area contributed by atoms with Crippen molar-refractivity contribution in [3.63, 3.8) is 0 Å². The third-order valence-electron chi connectivity index (χ3n) is 5.84. The molecule has 4 aromatic rings. The van der Waals surface area contributed by atoms with Crippen LogP contribution >= 0.6 is 0 Å². The highest BCUT2D eigenvalue weighted by molar-refractivity contribution is 7.92. The molecule has 1 aromatic carbocycles. The van der Waals surface area contributed by atoms with Crippen LogP contribution < -0.4 is 4.72 Å². The number of nitriles is 1. The number of fused-ring (bicyclic) bond motifs is 3. The zero-order chi connectivity index (χ0) is 23.2. The number of hydrogen-bond acceptors (Lipinski definition) is 7. The van der Waals surface area contributed by atoms with Gasteiger partial charge >= 0.3 is 0 Å². The lowest BCUT2D eigenvalue weighted by atomic mass is 10.0. The molecule has 0 aliphatic carbocycles. The van der Waals surface area contributed by atoms with Crippen LogP contribution in [0.4, 0.5) is 5.82 Å². The van der Waals surface area contributed by atoms with Crippen LogP contribution in [0.25, 0.3) is 21.9 Å². The van der Waals surface area contributed by atoms with E-state index in [1.807, 2.05) is 12.1 Å². The zero-order valence-corrected chi connectivity index (χ0v) is 19.1. The van der Waals surface area contributed by atoms with Crippen molar-refractivity contribution >= 4 is 37.8 Å². The Morgan fingerprint density at radius 3 is 2.91 bits per heavy atom. The smallest absolute Gasteiger partial charge is 0.230 e. The average Bonchev–Trinajstić information content (AvgIpc) is 3.36. The third-order valence-corrected chi connectivity index (χ3v) is 6.42. The van der Waals surface area contributed by atoms with Crippen LogP contribution in [0.1, 0.15) is 37.2 Å². The van der Waals surface area contributed by atoms with Gasteiger partial charge in [-0.05, 0) is 38.0 Å². The Labute approximate surface area is 190 Å². The molecule has 0 amide bonds. The van der Waals surface area contributed by atoms with E-state index in [1.54, 1.807) is 29.2 Å². The van der Waals surface area contributed by atoms with E-state index >= 15 is 0 Å². The molecule has 0 bridgehead atoms. The van der Waals surface area contributed by atoms with E-state index in [1.165, 1.54) is 0 Å². The molecule has 1 saturated heterocycles. The number of sulfonamides is 1. The number of pyridine rings is 1. The van der Waals surface area contributed by atoms with E-state index in [0.717, 1.165) is 46.9 Å². The molecule has 170 valence electrons. The molecule has 3 aromatic heterocycles. The van der Waals surface area contributed by atoms with Crippen molar-refractivity contribution in [1.29, 1.82) is 5.26 Å². The van der Waals surface area contributed by atoms with Gasteiger partial charge in [0.25, 0.3) is 0 Å². The highest BCUT2D eigenvalue weighted by Crippen LogP contribution is 2.34. The molecule has 11 heteroatoms. The molecule has 33 heavy (non-hydrogen) atoms. The summed E-state index contributed by atoms with van der Waals surface area (Å²) in [5, 5.41) is 14.6. The highest BCUT2D eigenvalue weighted by atomic mass is 32.2. The van der Waals surface area contributed by atoms with Crippen LogP contribution in [0.5, 0.6) is 0 Å². The number of rotatable bonds is 5. The van der Waals surface area contributed by atoms with E-state index < -0.39 is 10.0 Å². The molecule has 4 heterocycles. The zero-order valence-electron chi connectivity index (χ0n) is 18.3. The summed E-state index contributed by atoms with van der Waals surface area (Å²) in [7, 11) is -3.46. The van der Waals surface area contributed by atoms with Crippen LogP contribution in [0.15, 0.2) is 36.7 Å². The summed E-state index contributed by atoms with van der Waals surface area (Å²) < 4.78 is 35.6. The Bertz CT molecular complexity index is 1500. The Kier molecular flexibility index (Phi) is 5.26. The first-order chi connectivity index (χ1) is 15.8. The fourth-order valence-electron chi connectivity index (χ4n) is 4.48. The fourth-order valence-corrected chi connectivity index (χ4v) is 5.03. The second-order valence-electron chi connectivity index (χ2n) is 8.34. The van der Waals surface area contributed by atoms with Gasteiger partial charge in [0.2, 0.25) is 10.0 Å². The molecule has 1 aliphatic rings. The van der Waals surface area contributed by atoms with Gasteiger partial charge in [-0.3, -0.25) is 9.71 Å². The van der Waals surface area contributed by atoms with Crippen molar-refractivity contribution in [2.24, 2.45) is 0 Å². The minimum Gasteiger partial charge on any atom is -0.378 e. The molecular weight excluding hydrogens is 442 g/mol. The van der Waals surface area contributed by atoms with Crippen LogP contribution in [0.3, 0.4) is 0 Å². The van der Waals surface area contributed by atoms with Crippen LogP contribution in [-0.4, -0.2) is 51.7 Å². The molecule has 0 radical (unpaired) electrons. The molecular formula is C22H23N7O3S. The Morgan fingerprint density at radius 1 is 1.30 bits per heavy atom. The predicted octanol–water partition coefficient (Wildman–Crippen LogP) is 2.81. The molecule has 2 atom stereocenters. The van der Waals surface area contributed by atoms with Crippen LogP contribution in [0.2, 0.25) is 0 Å². The van der Waals surface area contributed by atoms with Crippen molar-refractivity contribution < 1.29 is 13.2 Å². The van der Waals surface area contributed by atoms with Gasteiger partial charge in [0.05, 0.1) is 47.4 Å². The Balaban J connectivity index is 1.70. The number of ether oxygens (including phenoxy) is 1. The average molecular weight is 466 g/mol.